The van der Waals surface area contributed by atoms with Crippen LogP contribution in [0.1, 0.15) is 41.5 Å². The molecule has 3 rings (SSSR count). The standard InChI is InChI=1S/C22H23F2N3O2S.ClH/c1-4-26(5-2)10-11-27(21(29)16-8-6-15(7-9-16)14(3)28)22-25-20-18(24)12-17(23)13-19(20)30-22;/h6-9,12-13H,4-5,10-11H2,1-3H3;1H. The number of benzene rings is 2. The lowest BCUT2D eigenvalue weighted by molar-refractivity contribution is 0.0980. The van der Waals surface area contributed by atoms with Gasteiger partial charge in [-0.1, -0.05) is 37.3 Å². The maximum Gasteiger partial charge on any atom is 0.260 e. The smallest absolute Gasteiger partial charge is 0.260 e. The Balaban J connectivity index is 0.00000341. The fourth-order valence-electron chi connectivity index (χ4n) is 3.13. The van der Waals surface area contributed by atoms with E-state index in [0.717, 1.165) is 30.5 Å². The van der Waals surface area contributed by atoms with Crippen LogP contribution in [0.4, 0.5) is 13.9 Å². The predicted octanol–water partition coefficient (Wildman–Crippen LogP) is 5.19. The molecule has 0 saturated carbocycles. The molecular weight excluding hydrogens is 444 g/mol. The topological polar surface area (TPSA) is 53.5 Å². The minimum absolute atomic E-state index is 0. The van der Waals surface area contributed by atoms with Crippen LogP contribution in [0.3, 0.4) is 0 Å². The number of anilines is 1. The molecule has 0 atom stereocenters. The number of carbonyl (C=O) groups excluding carboxylic acids is 2. The van der Waals surface area contributed by atoms with Gasteiger partial charge in [-0.15, -0.1) is 12.4 Å². The van der Waals surface area contributed by atoms with Crippen LogP contribution in [0, 0.1) is 11.6 Å². The molecule has 9 heteroatoms. The van der Waals surface area contributed by atoms with Crippen molar-refractivity contribution >= 4 is 50.8 Å². The second-order valence-corrected chi connectivity index (χ2v) is 7.86. The van der Waals surface area contributed by atoms with E-state index < -0.39 is 11.6 Å². The summed E-state index contributed by atoms with van der Waals surface area (Å²) in [7, 11) is 0. The molecule has 0 bridgehead atoms. The van der Waals surface area contributed by atoms with E-state index in [1.165, 1.54) is 17.9 Å². The van der Waals surface area contributed by atoms with Gasteiger partial charge in [-0.2, -0.15) is 0 Å². The molecule has 2 aromatic carbocycles. The van der Waals surface area contributed by atoms with Crippen LogP contribution >= 0.6 is 23.7 Å². The number of hydrogen-bond donors (Lipinski definition) is 0. The first-order valence-electron chi connectivity index (χ1n) is 9.74. The van der Waals surface area contributed by atoms with E-state index in [2.05, 4.69) is 9.88 Å². The first-order chi connectivity index (χ1) is 14.3. The Morgan fingerprint density at radius 3 is 2.19 bits per heavy atom. The van der Waals surface area contributed by atoms with Gasteiger partial charge >= 0.3 is 0 Å². The molecule has 0 aliphatic heterocycles. The van der Waals surface area contributed by atoms with E-state index in [1.54, 1.807) is 24.3 Å². The highest BCUT2D eigenvalue weighted by Gasteiger charge is 2.23. The van der Waals surface area contributed by atoms with Crippen LogP contribution in [0.15, 0.2) is 36.4 Å². The summed E-state index contributed by atoms with van der Waals surface area (Å²) < 4.78 is 28.1. The van der Waals surface area contributed by atoms with Gasteiger partial charge in [0, 0.05) is 30.3 Å². The van der Waals surface area contributed by atoms with Crippen molar-refractivity contribution in [3.63, 3.8) is 0 Å². The van der Waals surface area contributed by atoms with Gasteiger partial charge in [-0.3, -0.25) is 14.5 Å². The normalized spacial score (nSPS) is 10.9. The van der Waals surface area contributed by atoms with E-state index in [-0.39, 0.29) is 29.6 Å². The zero-order valence-electron chi connectivity index (χ0n) is 17.5. The Morgan fingerprint density at radius 2 is 1.61 bits per heavy atom. The number of likely N-dealkylation sites (N-methyl/N-ethyl adjacent to an activating group) is 1. The maximum atomic E-state index is 14.2. The quantitative estimate of drug-likeness (QED) is 0.428. The minimum Gasteiger partial charge on any atom is -0.302 e. The van der Waals surface area contributed by atoms with Crippen LogP contribution < -0.4 is 4.90 Å². The lowest BCUT2D eigenvalue weighted by Gasteiger charge is -2.24. The number of rotatable bonds is 8. The van der Waals surface area contributed by atoms with Crippen LogP contribution in [0.5, 0.6) is 0 Å². The molecular formula is C22H24ClF2N3O2S. The van der Waals surface area contributed by atoms with Gasteiger partial charge in [-0.25, -0.2) is 13.8 Å². The van der Waals surface area contributed by atoms with Gasteiger partial charge in [0.2, 0.25) is 0 Å². The highest BCUT2D eigenvalue weighted by molar-refractivity contribution is 7.22. The van der Waals surface area contributed by atoms with Gasteiger partial charge in [0.1, 0.15) is 11.3 Å². The monoisotopic (exact) mass is 467 g/mol. The van der Waals surface area contributed by atoms with Crippen LogP contribution in [0.2, 0.25) is 0 Å². The van der Waals surface area contributed by atoms with Crippen molar-refractivity contribution in [1.29, 1.82) is 0 Å². The fraction of sp³-hybridized carbons (Fsp3) is 0.318. The third kappa shape index (κ3) is 5.64. The molecule has 0 unspecified atom stereocenters. The Morgan fingerprint density at radius 1 is 1.00 bits per heavy atom. The second-order valence-electron chi connectivity index (χ2n) is 6.85. The summed E-state index contributed by atoms with van der Waals surface area (Å²) in [5.74, 6) is -1.83. The molecule has 0 spiro atoms. The van der Waals surface area contributed by atoms with Crippen molar-refractivity contribution in [2.45, 2.75) is 20.8 Å². The van der Waals surface area contributed by atoms with Gasteiger partial charge in [0.15, 0.2) is 16.7 Å². The minimum atomic E-state index is -0.755. The molecule has 3 aromatic rings. The van der Waals surface area contributed by atoms with Crippen LogP contribution in [-0.4, -0.2) is 47.8 Å². The molecule has 1 amide bonds. The van der Waals surface area contributed by atoms with Crippen molar-refractivity contribution in [2.75, 3.05) is 31.1 Å². The largest absolute Gasteiger partial charge is 0.302 e. The number of halogens is 3. The molecule has 31 heavy (non-hydrogen) atoms. The van der Waals surface area contributed by atoms with Crippen molar-refractivity contribution in [3.05, 3.63) is 59.2 Å². The third-order valence-corrected chi connectivity index (χ3v) is 5.98. The van der Waals surface area contributed by atoms with E-state index in [0.29, 0.717) is 34.0 Å². The molecule has 0 N–H and O–H groups in total. The highest BCUT2D eigenvalue weighted by Crippen LogP contribution is 2.32. The maximum absolute atomic E-state index is 14.2. The zero-order valence-corrected chi connectivity index (χ0v) is 19.2. The molecule has 5 nitrogen and oxygen atoms in total. The van der Waals surface area contributed by atoms with E-state index in [9.17, 15) is 18.4 Å². The summed E-state index contributed by atoms with van der Waals surface area (Å²) in [6.45, 7) is 8.13. The summed E-state index contributed by atoms with van der Waals surface area (Å²) >= 11 is 1.07. The molecule has 0 aliphatic carbocycles. The number of ketones is 1. The Labute approximate surface area is 190 Å². The lowest BCUT2D eigenvalue weighted by Crippen LogP contribution is -2.38. The highest BCUT2D eigenvalue weighted by atomic mass is 35.5. The predicted molar refractivity (Wildman–Crippen MR) is 123 cm³/mol. The molecule has 1 aromatic heterocycles. The molecule has 0 saturated heterocycles. The molecule has 0 radical (unpaired) electrons. The Hall–Kier alpha value is -2.42. The summed E-state index contributed by atoms with van der Waals surface area (Å²) in [5.41, 5.74) is 0.952. The molecule has 0 aliphatic rings. The first kappa shape index (κ1) is 24.8. The number of hydrogen-bond acceptors (Lipinski definition) is 5. The van der Waals surface area contributed by atoms with E-state index >= 15 is 0 Å². The number of carbonyl (C=O) groups is 2. The molecule has 1 heterocycles. The van der Waals surface area contributed by atoms with Crippen molar-refractivity contribution in [1.82, 2.24) is 9.88 Å². The average Bonchev–Trinajstić information content (AvgIpc) is 3.15. The second kappa shape index (κ2) is 10.7. The number of Topliss-reactive ketones (excluding diaryl/α,β-unsaturated/α-hetero) is 1. The van der Waals surface area contributed by atoms with Gasteiger partial charge in [0.05, 0.1) is 4.70 Å². The Kier molecular flexibility index (Phi) is 8.61. The zero-order chi connectivity index (χ0) is 21.8. The number of amides is 1. The SMILES string of the molecule is CCN(CC)CCN(C(=O)c1ccc(C(C)=O)cc1)c1nc2c(F)cc(F)cc2s1.Cl. The van der Waals surface area contributed by atoms with Gasteiger partial charge < -0.3 is 4.90 Å². The number of fused-ring (bicyclic) bond motifs is 1. The van der Waals surface area contributed by atoms with Crippen LogP contribution in [-0.2, 0) is 0 Å². The number of nitrogens with zero attached hydrogens (tertiary/aromatic N) is 3. The number of thiazole rings is 1. The lowest BCUT2D eigenvalue weighted by atomic mass is 10.1. The number of aromatic nitrogens is 1. The fourth-order valence-corrected chi connectivity index (χ4v) is 4.16. The summed E-state index contributed by atoms with van der Waals surface area (Å²) in [6, 6.07) is 8.40. The summed E-state index contributed by atoms with van der Waals surface area (Å²) in [5, 5.41) is 0.308. The summed E-state index contributed by atoms with van der Waals surface area (Å²) in [4.78, 5) is 32.7. The van der Waals surface area contributed by atoms with Gasteiger partial charge in [0.25, 0.3) is 5.91 Å². The van der Waals surface area contributed by atoms with Gasteiger partial charge in [-0.05, 0) is 38.2 Å². The summed E-state index contributed by atoms with van der Waals surface area (Å²) in [6.07, 6.45) is 0. The average molecular weight is 468 g/mol. The van der Waals surface area contributed by atoms with E-state index in [1.807, 2.05) is 13.8 Å². The van der Waals surface area contributed by atoms with Crippen molar-refractivity contribution in [2.24, 2.45) is 0 Å². The first-order valence-corrected chi connectivity index (χ1v) is 10.6. The third-order valence-electron chi connectivity index (χ3n) is 4.95. The van der Waals surface area contributed by atoms with Crippen molar-refractivity contribution in [3.8, 4) is 0 Å². The van der Waals surface area contributed by atoms with Crippen LogP contribution in [0.25, 0.3) is 10.2 Å². The Bertz CT molecular complexity index is 1070. The van der Waals surface area contributed by atoms with E-state index in [4.69, 9.17) is 0 Å². The molecule has 166 valence electrons. The molecule has 0 fully saturated rings. The van der Waals surface area contributed by atoms with Crippen molar-refractivity contribution < 1.29 is 18.4 Å².